The van der Waals surface area contributed by atoms with Gasteiger partial charge in [-0.1, -0.05) is 23.7 Å². The maximum absolute atomic E-state index is 13.1. The van der Waals surface area contributed by atoms with Gasteiger partial charge in [0.2, 0.25) is 11.9 Å². The summed E-state index contributed by atoms with van der Waals surface area (Å²) >= 11 is 6.65. The van der Waals surface area contributed by atoms with E-state index in [4.69, 9.17) is 16.6 Å². The van der Waals surface area contributed by atoms with E-state index in [0.29, 0.717) is 41.7 Å². The third-order valence-corrected chi connectivity index (χ3v) is 7.58. The van der Waals surface area contributed by atoms with Crippen LogP contribution in [0.5, 0.6) is 0 Å². The van der Waals surface area contributed by atoms with E-state index in [1.54, 1.807) is 24.4 Å². The van der Waals surface area contributed by atoms with Gasteiger partial charge in [-0.2, -0.15) is 0 Å². The number of carbonyl (C=O) groups is 2. The fourth-order valence-corrected chi connectivity index (χ4v) is 5.14. The minimum Gasteiger partial charge on any atom is -0.337 e. The topological polar surface area (TPSA) is 92.2 Å². The second kappa shape index (κ2) is 10.6. The van der Waals surface area contributed by atoms with Gasteiger partial charge in [0.15, 0.2) is 0 Å². The van der Waals surface area contributed by atoms with Crippen LogP contribution in [0.15, 0.2) is 48.7 Å². The van der Waals surface area contributed by atoms with Crippen molar-refractivity contribution in [2.45, 2.75) is 57.5 Å². The molecule has 2 N–H and O–H groups in total. The maximum atomic E-state index is 13.1. The summed E-state index contributed by atoms with van der Waals surface area (Å²) in [7, 11) is 0. The second-order valence-electron chi connectivity index (χ2n) is 10.3. The van der Waals surface area contributed by atoms with Crippen LogP contribution in [0.4, 0.5) is 5.95 Å². The molecular weight excluding hydrogens is 488 g/mol. The molecule has 1 unspecified atom stereocenters. The smallest absolute Gasteiger partial charge is 0.258 e. The summed E-state index contributed by atoms with van der Waals surface area (Å²) in [5.41, 5.74) is 2.97. The lowest BCUT2D eigenvalue weighted by atomic mass is 10.1. The third kappa shape index (κ3) is 5.86. The predicted octanol–water partition coefficient (Wildman–Crippen LogP) is 4.90. The number of amides is 2. The zero-order valence-electron chi connectivity index (χ0n) is 21.3. The Bertz CT molecular complexity index is 1350. The number of nitrogens with zero attached hydrogens (tertiary/aromatic N) is 4. The molecule has 1 saturated carbocycles. The summed E-state index contributed by atoms with van der Waals surface area (Å²) in [6.07, 6.45) is 10.3. The van der Waals surface area contributed by atoms with Crippen molar-refractivity contribution in [2.75, 3.05) is 25.0 Å². The van der Waals surface area contributed by atoms with E-state index in [1.807, 2.05) is 40.7 Å². The van der Waals surface area contributed by atoms with Crippen LogP contribution < -0.4 is 10.6 Å². The minimum atomic E-state index is -0.264. The lowest BCUT2D eigenvalue weighted by Gasteiger charge is -2.26. The highest BCUT2D eigenvalue weighted by molar-refractivity contribution is 6.35. The van der Waals surface area contributed by atoms with Crippen molar-refractivity contribution in [3.05, 3.63) is 65.0 Å². The monoisotopic (exact) mass is 520 g/mol. The summed E-state index contributed by atoms with van der Waals surface area (Å²) in [6.45, 7) is 5.95. The number of imidazole rings is 1. The molecular formula is C28H33ClN6O2. The van der Waals surface area contributed by atoms with Crippen molar-refractivity contribution >= 4 is 40.4 Å². The van der Waals surface area contributed by atoms with Crippen LogP contribution in [-0.4, -0.2) is 56.4 Å². The average Bonchev–Trinajstić information content (AvgIpc) is 3.57. The van der Waals surface area contributed by atoms with Crippen LogP contribution in [0, 0.1) is 6.92 Å². The molecule has 2 aromatic heterocycles. The van der Waals surface area contributed by atoms with E-state index in [1.165, 1.54) is 12.8 Å². The maximum Gasteiger partial charge on any atom is 0.258 e. The lowest BCUT2D eigenvalue weighted by Crippen LogP contribution is -2.35. The molecule has 5 rings (SSSR count). The number of nitrogens with one attached hydrogen (secondary N) is 2. The summed E-state index contributed by atoms with van der Waals surface area (Å²) in [5.74, 6) is 0.168. The molecule has 37 heavy (non-hydrogen) atoms. The molecule has 194 valence electrons. The summed E-state index contributed by atoms with van der Waals surface area (Å²) < 4.78 is 2.01. The number of carbonyl (C=O) groups excluding carboxylic acids is 2. The molecule has 1 saturated heterocycles. The molecule has 9 heteroatoms. The van der Waals surface area contributed by atoms with Crippen LogP contribution in [0.25, 0.3) is 11.0 Å². The number of aryl methyl sites for hydroxylation is 1. The quantitative estimate of drug-likeness (QED) is 0.432. The zero-order valence-corrected chi connectivity index (χ0v) is 22.1. The first-order chi connectivity index (χ1) is 17.8. The molecule has 1 aliphatic carbocycles. The van der Waals surface area contributed by atoms with E-state index in [-0.39, 0.29) is 23.4 Å². The number of hydrogen-bond donors (Lipinski definition) is 2. The molecule has 8 nitrogen and oxygen atoms in total. The second-order valence-corrected chi connectivity index (χ2v) is 10.7. The van der Waals surface area contributed by atoms with Gasteiger partial charge in [-0.25, -0.2) is 4.98 Å². The van der Waals surface area contributed by atoms with Gasteiger partial charge in [0.1, 0.15) is 0 Å². The molecule has 3 aromatic rings. The number of rotatable bonds is 7. The Morgan fingerprint density at radius 2 is 2.08 bits per heavy atom. The van der Waals surface area contributed by atoms with Crippen molar-refractivity contribution < 1.29 is 9.59 Å². The van der Waals surface area contributed by atoms with E-state index in [2.05, 4.69) is 22.5 Å². The number of aromatic nitrogens is 3. The Balaban J connectivity index is 1.40. The van der Waals surface area contributed by atoms with Crippen LogP contribution in [-0.2, 0) is 4.79 Å². The average molecular weight is 521 g/mol. The highest BCUT2D eigenvalue weighted by Crippen LogP contribution is 2.35. The Morgan fingerprint density at radius 3 is 2.86 bits per heavy atom. The molecule has 2 fully saturated rings. The van der Waals surface area contributed by atoms with Crippen molar-refractivity contribution in [3.63, 3.8) is 0 Å². The van der Waals surface area contributed by atoms with Crippen LogP contribution in [0.1, 0.15) is 61.1 Å². The van der Waals surface area contributed by atoms with Crippen molar-refractivity contribution in [3.8, 4) is 0 Å². The number of likely N-dealkylation sites (tertiary alicyclic amines) is 1. The molecule has 2 amide bonds. The number of anilines is 1. The fourth-order valence-electron chi connectivity index (χ4n) is 4.88. The van der Waals surface area contributed by atoms with E-state index < -0.39 is 0 Å². The summed E-state index contributed by atoms with van der Waals surface area (Å²) in [4.78, 5) is 37.0. The van der Waals surface area contributed by atoms with Gasteiger partial charge in [0.25, 0.3) is 5.91 Å². The zero-order chi connectivity index (χ0) is 26.0. The first-order valence-electron chi connectivity index (χ1n) is 12.9. The predicted molar refractivity (Wildman–Crippen MR) is 146 cm³/mol. The first kappa shape index (κ1) is 25.4. The van der Waals surface area contributed by atoms with Gasteiger partial charge >= 0.3 is 0 Å². The number of para-hydroxylation sites is 1. The van der Waals surface area contributed by atoms with Crippen LogP contribution >= 0.6 is 11.6 Å². The van der Waals surface area contributed by atoms with Gasteiger partial charge in [0, 0.05) is 48.7 Å². The minimum absolute atomic E-state index is 0.00279. The van der Waals surface area contributed by atoms with Crippen molar-refractivity contribution in [1.82, 2.24) is 24.8 Å². The lowest BCUT2D eigenvalue weighted by molar-refractivity contribution is -0.126. The van der Waals surface area contributed by atoms with E-state index in [9.17, 15) is 9.59 Å². The molecule has 2 aliphatic rings. The number of fused-ring (bicyclic) bond motifs is 1. The molecule has 0 spiro atoms. The molecule has 1 atom stereocenters. The van der Waals surface area contributed by atoms with Gasteiger partial charge < -0.3 is 14.8 Å². The van der Waals surface area contributed by atoms with Gasteiger partial charge in [-0.05, 0) is 70.2 Å². The van der Waals surface area contributed by atoms with Gasteiger partial charge in [-0.15, -0.1) is 0 Å². The Morgan fingerprint density at radius 1 is 1.24 bits per heavy atom. The first-order valence-corrected chi connectivity index (χ1v) is 13.3. The van der Waals surface area contributed by atoms with Crippen molar-refractivity contribution in [2.24, 2.45) is 0 Å². The number of halogens is 1. The molecule has 0 bridgehead atoms. The number of benzene rings is 1. The SMILES string of the molecule is Cc1cc(C(=O)Nc2nc3cccc(Cl)c3n2C2CCCCN(C(=O)/C=C/CNC3(C)CC3)C2)ccn1. The fraction of sp³-hybridized carbons (Fsp3) is 0.429. The van der Waals surface area contributed by atoms with E-state index >= 15 is 0 Å². The van der Waals surface area contributed by atoms with Crippen LogP contribution in [0.2, 0.25) is 5.02 Å². The Hall–Kier alpha value is -3.23. The molecule has 0 radical (unpaired) electrons. The molecule has 1 aliphatic heterocycles. The largest absolute Gasteiger partial charge is 0.337 e. The van der Waals surface area contributed by atoms with Gasteiger partial charge in [0.05, 0.1) is 22.1 Å². The summed E-state index contributed by atoms with van der Waals surface area (Å²) in [5, 5.41) is 7.03. The normalized spacial score (nSPS) is 19.2. The van der Waals surface area contributed by atoms with Crippen molar-refractivity contribution in [1.29, 1.82) is 0 Å². The highest BCUT2D eigenvalue weighted by Gasteiger charge is 2.36. The molecule has 1 aromatic carbocycles. The highest BCUT2D eigenvalue weighted by atomic mass is 35.5. The third-order valence-electron chi connectivity index (χ3n) is 7.28. The number of pyridine rings is 1. The van der Waals surface area contributed by atoms with Gasteiger partial charge in [-0.3, -0.25) is 19.9 Å². The standard InChI is InChI=1S/C28H33ClN6O2/c1-19-17-20(11-15-30-19)26(37)33-27-32-23-9-5-8-22(29)25(23)35(27)21-7-3-4-16-34(18-21)24(36)10-6-14-31-28(2)12-13-28/h5-6,8-11,15,17,21,31H,3-4,7,12-14,16,18H2,1-2H3,(H,32,33,37)/b10-6+. The van der Waals surface area contributed by atoms with Crippen LogP contribution in [0.3, 0.4) is 0 Å². The van der Waals surface area contributed by atoms with E-state index in [0.717, 1.165) is 30.5 Å². The summed E-state index contributed by atoms with van der Waals surface area (Å²) in [6, 6.07) is 8.91. The number of hydrogen-bond acceptors (Lipinski definition) is 5. The Labute approximate surface area is 222 Å². The molecule has 3 heterocycles. The Kier molecular flexibility index (Phi) is 7.31.